The second kappa shape index (κ2) is 5.72. The maximum atomic E-state index is 9.52. The van der Waals surface area contributed by atoms with Crippen molar-refractivity contribution in [1.82, 2.24) is 4.90 Å². The Hall–Kier alpha value is -1.06. The molecule has 1 aromatic rings. The fourth-order valence-corrected chi connectivity index (χ4v) is 2.56. The highest BCUT2D eigenvalue weighted by Gasteiger charge is 2.17. The fourth-order valence-electron chi connectivity index (χ4n) is 2.56. The number of rotatable bonds is 3. The van der Waals surface area contributed by atoms with Crippen LogP contribution in [0.5, 0.6) is 5.75 Å². The standard InChI is InChI=1S/C15H23NO2/c1-11-9-15(18-3)12(2)8-13(11)10-16-6-4-14(17)5-7-16/h8-9,14,17H,4-7,10H2,1-3H3. The van der Waals surface area contributed by atoms with E-state index in [2.05, 4.69) is 30.9 Å². The first-order chi connectivity index (χ1) is 8.60. The minimum Gasteiger partial charge on any atom is -0.496 e. The topological polar surface area (TPSA) is 32.7 Å². The van der Waals surface area contributed by atoms with E-state index in [0.29, 0.717) is 0 Å². The first-order valence-corrected chi connectivity index (χ1v) is 6.64. The SMILES string of the molecule is COc1cc(C)c(CN2CCC(O)CC2)cc1C. The Morgan fingerprint density at radius 3 is 2.50 bits per heavy atom. The Labute approximate surface area is 109 Å². The summed E-state index contributed by atoms with van der Waals surface area (Å²) in [4.78, 5) is 2.42. The zero-order valence-corrected chi connectivity index (χ0v) is 11.6. The van der Waals surface area contributed by atoms with Gasteiger partial charge in [-0.15, -0.1) is 0 Å². The fraction of sp³-hybridized carbons (Fsp3) is 0.600. The van der Waals surface area contributed by atoms with Gasteiger partial charge in [0.05, 0.1) is 13.2 Å². The van der Waals surface area contributed by atoms with Crippen LogP contribution in [0.3, 0.4) is 0 Å². The highest BCUT2D eigenvalue weighted by molar-refractivity contribution is 5.41. The summed E-state index contributed by atoms with van der Waals surface area (Å²) in [5.74, 6) is 0.963. The number of aliphatic hydroxyl groups excluding tert-OH is 1. The van der Waals surface area contributed by atoms with Crippen LogP contribution in [0.2, 0.25) is 0 Å². The first-order valence-electron chi connectivity index (χ1n) is 6.64. The van der Waals surface area contributed by atoms with Crippen molar-refractivity contribution < 1.29 is 9.84 Å². The van der Waals surface area contributed by atoms with Crippen molar-refractivity contribution in [3.63, 3.8) is 0 Å². The van der Waals surface area contributed by atoms with E-state index in [-0.39, 0.29) is 6.10 Å². The summed E-state index contributed by atoms with van der Waals surface area (Å²) < 4.78 is 5.34. The Kier molecular flexibility index (Phi) is 4.25. The van der Waals surface area contributed by atoms with Gasteiger partial charge in [-0.25, -0.2) is 0 Å². The van der Waals surface area contributed by atoms with Gasteiger partial charge in [-0.05, 0) is 49.4 Å². The molecule has 0 saturated carbocycles. The smallest absolute Gasteiger partial charge is 0.122 e. The van der Waals surface area contributed by atoms with E-state index in [1.165, 1.54) is 16.7 Å². The van der Waals surface area contributed by atoms with Gasteiger partial charge in [-0.3, -0.25) is 4.90 Å². The highest BCUT2D eigenvalue weighted by atomic mass is 16.5. The minimum absolute atomic E-state index is 0.0973. The number of hydrogen-bond donors (Lipinski definition) is 1. The third-order valence-electron chi connectivity index (χ3n) is 3.80. The van der Waals surface area contributed by atoms with Gasteiger partial charge < -0.3 is 9.84 Å². The molecule has 2 rings (SSSR count). The van der Waals surface area contributed by atoms with E-state index in [9.17, 15) is 5.11 Å². The normalized spacial score (nSPS) is 18.0. The van der Waals surface area contributed by atoms with Gasteiger partial charge in [-0.2, -0.15) is 0 Å². The van der Waals surface area contributed by atoms with Crippen LogP contribution in [0.1, 0.15) is 29.5 Å². The van der Waals surface area contributed by atoms with E-state index in [1.54, 1.807) is 7.11 Å². The summed E-state index contributed by atoms with van der Waals surface area (Å²) in [6, 6.07) is 4.34. The van der Waals surface area contributed by atoms with Crippen LogP contribution < -0.4 is 4.74 Å². The molecule has 1 N–H and O–H groups in total. The van der Waals surface area contributed by atoms with Gasteiger partial charge in [0, 0.05) is 19.6 Å². The molecule has 3 nitrogen and oxygen atoms in total. The predicted octanol–water partition coefficient (Wildman–Crippen LogP) is 2.27. The minimum atomic E-state index is -0.0973. The molecule has 0 bridgehead atoms. The van der Waals surface area contributed by atoms with Crippen LogP contribution >= 0.6 is 0 Å². The van der Waals surface area contributed by atoms with E-state index in [4.69, 9.17) is 4.74 Å². The molecule has 1 saturated heterocycles. The molecule has 18 heavy (non-hydrogen) atoms. The summed E-state index contributed by atoms with van der Waals surface area (Å²) in [6.07, 6.45) is 1.70. The lowest BCUT2D eigenvalue weighted by Crippen LogP contribution is -2.35. The average molecular weight is 249 g/mol. The van der Waals surface area contributed by atoms with Gasteiger partial charge in [-0.1, -0.05) is 6.07 Å². The molecule has 1 aliphatic rings. The number of likely N-dealkylation sites (tertiary alicyclic amines) is 1. The summed E-state index contributed by atoms with van der Waals surface area (Å²) in [6.45, 7) is 7.18. The van der Waals surface area contributed by atoms with Gasteiger partial charge in [0.1, 0.15) is 5.75 Å². The summed E-state index contributed by atoms with van der Waals surface area (Å²) in [7, 11) is 1.72. The quantitative estimate of drug-likeness (QED) is 0.892. The van der Waals surface area contributed by atoms with E-state index >= 15 is 0 Å². The van der Waals surface area contributed by atoms with E-state index < -0.39 is 0 Å². The third kappa shape index (κ3) is 3.03. The van der Waals surface area contributed by atoms with E-state index in [1.807, 2.05) is 0 Å². The van der Waals surface area contributed by atoms with Crippen molar-refractivity contribution in [1.29, 1.82) is 0 Å². The van der Waals surface area contributed by atoms with E-state index in [0.717, 1.165) is 38.2 Å². The number of benzene rings is 1. The maximum Gasteiger partial charge on any atom is 0.122 e. The molecule has 1 aromatic carbocycles. The molecule has 0 unspecified atom stereocenters. The Morgan fingerprint density at radius 1 is 1.22 bits per heavy atom. The number of hydrogen-bond acceptors (Lipinski definition) is 3. The zero-order chi connectivity index (χ0) is 13.1. The number of aryl methyl sites for hydroxylation is 2. The van der Waals surface area contributed by atoms with Gasteiger partial charge >= 0.3 is 0 Å². The molecule has 1 aliphatic heterocycles. The average Bonchev–Trinajstić information content (AvgIpc) is 2.36. The molecule has 100 valence electrons. The van der Waals surface area contributed by atoms with Crippen LogP contribution in [0.25, 0.3) is 0 Å². The van der Waals surface area contributed by atoms with Crippen molar-refractivity contribution in [2.75, 3.05) is 20.2 Å². The number of piperidine rings is 1. The molecule has 0 atom stereocenters. The molecule has 0 aromatic heterocycles. The largest absolute Gasteiger partial charge is 0.496 e. The van der Waals surface area contributed by atoms with Crippen molar-refractivity contribution in [2.24, 2.45) is 0 Å². The highest BCUT2D eigenvalue weighted by Crippen LogP contribution is 2.24. The second-order valence-corrected chi connectivity index (χ2v) is 5.26. The summed E-state index contributed by atoms with van der Waals surface area (Å²) in [5.41, 5.74) is 3.84. The number of aliphatic hydroxyl groups is 1. The van der Waals surface area contributed by atoms with Crippen molar-refractivity contribution >= 4 is 0 Å². The van der Waals surface area contributed by atoms with Gasteiger partial charge in [0.2, 0.25) is 0 Å². The van der Waals surface area contributed by atoms with Crippen molar-refractivity contribution in [3.05, 3.63) is 28.8 Å². The monoisotopic (exact) mass is 249 g/mol. The molecule has 0 amide bonds. The molecule has 0 spiro atoms. The predicted molar refractivity (Wildman–Crippen MR) is 73.0 cm³/mol. The Balaban J connectivity index is 2.07. The lowest BCUT2D eigenvalue weighted by molar-refractivity contribution is 0.0791. The van der Waals surface area contributed by atoms with Crippen LogP contribution in [-0.2, 0) is 6.54 Å². The second-order valence-electron chi connectivity index (χ2n) is 5.26. The Bertz CT molecular complexity index is 409. The molecule has 0 radical (unpaired) electrons. The Morgan fingerprint density at radius 2 is 1.89 bits per heavy atom. The number of ether oxygens (including phenoxy) is 1. The lowest BCUT2D eigenvalue weighted by Gasteiger charge is -2.30. The van der Waals surface area contributed by atoms with Crippen molar-refractivity contribution in [3.8, 4) is 5.75 Å². The van der Waals surface area contributed by atoms with Crippen LogP contribution in [0, 0.1) is 13.8 Å². The van der Waals surface area contributed by atoms with Gasteiger partial charge in [0.25, 0.3) is 0 Å². The zero-order valence-electron chi connectivity index (χ0n) is 11.6. The number of nitrogens with zero attached hydrogens (tertiary/aromatic N) is 1. The molecule has 1 fully saturated rings. The van der Waals surface area contributed by atoms with Crippen molar-refractivity contribution in [2.45, 2.75) is 39.3 Å². The molecular weight excluding hydrogens is 226 g/mol. The molecule has 0 aliphatic carbocycles. The lowest BCUT2D eigenvalue weighted by atomic mass is 10.0. The number of methoxy groups -OCH3 is 1. The first kappa shape index (κ1) is 13.4. The van der Waals surface area contributed by atoms with Crippen LogP contribution in [0.4, 0.5) is 0 Å². The van der Waals surface area contributed by atoms with Crippen LogP contribution in [-0.4, -0.2) is 36.3 Å². The summed E-state index contributed by atoms with van der Waals surface area (Å²) >= 11 is 0. The maximum absolute atomic E-state index is 9.52. The summed E-state index contributed by atoms with van der Waals surface area (Å²) in [5, 5.41) is 9.52. The molecule has 3 heteroatoms. The molecule has 1 heterocycles. The van der Waals surface area contributed by atoms with Crippen LogP contribution in [0.15, 0.2) is 12.1 Å². The third-order valence-corrected chi connectivity index (χ3v) is 3.80. The molecular formula is C15H23NO2. The van der Waals surface area contributed by atoms with Gasteiger partial charge in [0.15, 0.2) is 0 Å².